The summed E-state index contributed by atoms with van der Waals surface area (Å²) in [6.45, 7) is 4.63. The second-order valence-electron chi connectivity index (χ2n) is 1.44. The van der Waals surface area contributed by atoms with Gasteiger partial charge in [0.1, 0.15) is 0 Å². The van der Waals surface area contributed by atoms with E-state index in [1.165, 1.54) is 0 Å². The molecule has 0 aromatic heterocycles. The van der Waals surface area contributed by atoms with E-state index in [4.69, 9.17) is 5.53 Å². The van der Waals surface area contributed by atoms with Crippen LogP contribution in [0.3, 0.4) is 0 Å². The quantitative estimate of drug-likeness (QED) is 0.230. The van der Waals surface area contributed by atoms with Crippen LogP contribution < -0.4 is 5.32 Å². The molecule has 2 N–H and O–H groups in total. The van der Waals surface area contributed by atoms with Gasteiger partial charge in [-0.3, -0.25) is 0 Å². The van der Waals surface area contributed by atoms with E-state index in [1.807, 2.05) is 0 Å². The molecular weight excluding hydrogens is 104 g/mol. The van der Waals surface area contributed by atoms with Crippen molar-refractivity contribution in [2.24, 2.45) is 5.11 Å². The van der Waals surface area contributed by atoms with Gasteiger partial charge in [-0.1, -0.05) is 5.11 Å². The van der Waals surface area contributed by atoms with E-state index < -0.39 is 0 Å². The Morgan fingerprint density at radius 2 is 2.50 bits per heavy atom. The zero-order valence-corrected chi connectivity index (χ0v) is 5.04. The molecule has 0 aromatic rings. The molecule has 8 heavy (non-hydrogen) atoms. The fourth-order valence-electron chi connectivity index (χ4n) is 0.398. The Morgan fingerprint density at radius 1 is 1.75 bits per heavy atom. The van der Waals surface area contributed by atoms with Gasteiger partial charge in [-0.15, -0.1) is 0 Å². The Bertz CT molecular complexity index is 84.0. The fraction of sp³-hybridized carbons (Fsp3) is 1.00. The summed E-state index contributed by atoms with van der Waals surface area (Å²) < 4.78 is 0. The lowest BCUT2D eigenvalue weighted by molar-refractivity contribution is -0.649. The predicted molar refractivity (Wildman–Crippen MR) is 31.3 cm³/mol. The third-order valence-corrected chi connectivity index (χ3v) is 0.785. The monoisotopic (exact) mass is 115 g/mol. The third kappa shape index (κ3) is 5.27. The number of hydrogen-bond acceptors (Lipinski definition) is 1. The van der Waals surface area contributed by atoms with Crippen molar-refractivity contribution in [2.45, 2.75) is 6.92 Å². The first kappa shape index (κ1) is 7.27. The van der Waals surface area contributed by atoms with E-state index in [1.54, 1.807) is 0 Å². The van der Waals surface area contributed by atoms with Crippen LogP contribution in [0.25, 0.3) is 10.4 Å². The van der Waals surface area contributed by atoms with Crippen molar-refractivity contribution in [3.05, 3.63) is 10.4 Å². The molecule has 0 bridgehead atoms. The van der Waals surface area contributed by atoms with E-state index in [9.17, 15) is 0 Å². The van der Waals surface area contributed by atoms with Crippen molar-refractivity contribution in [1.29, 1.82) is 0 Å². The van der Waals surface area contributed by atoms with Crippen LogP contribution >= 0.6 is 0 Å². The molecule has 0 aliphatic heterocycles. The van der Waals surface area contributed by atoms with E-state index >= 15 is 0 Å². The van der Waals surface area contributed by atoms with Gasteiger partial charge in [0, 0.05) is 4.91 Å². The number of azide groups is 1. The van der Waals surface area contributed by atoms with Gasteiger partial charge in [0.25, 0.3) is 0 Å². The summed E-state index contributed by atoms with van der Waals surface area (Å²) in [5.41, 5.74) is 7.81. The lowest BCUT2D eigenvalue weighted by atomic mass is 10.6. The van der Waals surface area contributed by atoms with Crippen LogP contribution in [0.1, 0.15) is 6.92 Å². The van der Waals surface area contributed by atoms with Crippen LogP contribution in [-0.4, -0.2) is 19.6 Å². The summed E-state index contributed by atoms with van der Waals surface area (Å²) in [5.74, 6) is 0. The zero-order chi connectivity index (χ0) is 6.24. The maximum absolute atomic E-state index is 7.81. The molecule has 0 aromatic carbocycles. The topological polar surface area (TPSA) is 65.4 Å². The van der Waals surface area contributed by atoms with Crippen LogP contribution in [0.5, 0.6) is 0 Å². The molecular formula is C4H11N4+. The van der Waals surface area contributed by atoms with Gasteiger partial charge in [0.05, 0.1) is 19.6 Å². The predicted octanol–water partition coefficient (Wildman–Crippen LogP) is -0.120. The first-order chi connectivity index (χ1) is 3.91. The van der Waals surface area contributed by atoms with Gasteiger partial charge in [0.15, 0.2) is 0 Å². The number of rotatable bonds is 4. The molecule has 4 heteroatoms. The van der Waals surface area contributed by atoms with Crippen molar-refractivity contribution >= 4 is 0 Å². The maximum Gasteiger partial charge on any atom is 0.0812 e. The average Bonchev–Trinajstić information content (AvgIpc) is 1.81. The molecule has 0 aliphatic carbocycles. The molecule has 0 heterocycles. The molecule has 0 amide bonds. The number of likely N-dealkylation sites (N-methyl/N-ethyl adjacent to an activating group) is 1. The van der Waals surface area contributed by atoms with Crippen molar-refractivity contribution in [2.75, 3.05) is 19.6 Å². The Kier molecular flexibility index (Phi) is 5.70. The summed E-state index contributed by atoms with van der Waals surface area (Å²) >= 11 is 0. The van der Waals surface area contributed by atoms with Crippen molar-refractivity contribution in [1.82, 2.24) is 0 Å². The Hall–Kier alpha value is -0.730. The van der Waals surface area contributed by atoms with E-state index in [2.05, 4.69) is 22.3 Å². The lowest BCUT2D eigenvalue weighted by Crippen LogP contribution is -2.84. The van der Waals surface area contributed by atoms with E-state index in [0.717, 1.165) is 13.1 Å². The molecule has 0 rings (SSSR count). The van der Waals surface area contributed by atoms with E-state index in [-0.39, 0.29) is 0 Å². The van der Waals surface area contributed by atoms with Gasteiger partial charge < -0.3 is 5.32 Å². The van der Waals surface area contributed by atoms with E-state index in [0.29, 0.717) is 6.54 Å². The largest absolute Gasteiger partial charge is 0.346 e. The number of quaternary nitrogens is 1. The highest BCUT2D eigenvalue weighted by molar-refractivity contribution is 4.41. The third-order valence-electron chi connectivity index (χ3n) is 0.785. The Morgan fingerprint density at radius 3 is 3.00 bits per heavy atom. The van der Waals surface area contributed by atoms with Crippen LogP contribution in [0.4, 0.5) is 0 Å². The molecule has 0 aliphatic rings. The highest BCUT2D eigenvalue weighted by atomic mass is 15.1. The number of hydrogen-bond donors (Lipinski definition) is 1. The second kappa shape index (κ2) is 6.27. The van der Waals surface area contributed by atoms with Crippen LogP contribution in [-0.2, 0) is 0 Å². The van der Waals surface area contributed by atoms with Gasteiger partial charge >= 0.3 is 0 Å². The van der Waals surface area contributed by atoms with Crippen LogP contribution in [0, 0.1) is 0 Å². The summed E-state index contributed by atoms with van der Waals surface area (Å²) in [5, 5.41) is 5.45. The summed E-state index contributed by atoms with van der Waals surface area (Å²) in [6, 6.07) is 0. The van der Waals surface area contributed by atoms with Gasteiger partial charge in [-0.05, 0) is 12.5 Å². The normalized spacial score (nSPS) is 8.12. The molecule has 0 saturated heterocycles. The smallest absolute Gasteiger partial charge is 0.0812 e. The average molecular weight is 115 g/mol. The summed E-state index contributed by atoms with van der Waals surface area (Å²) in [6.07, 6.45) is 0. The summed E-state index contributed by atoms with van der Waals surface area (Å²) in [4.78, 5) is 2.61. The SMILES string of the molecule is CC[NH2+]CCN=[N+]=[N-]. The standard InChI is InChI=1S/C4H10N4/c1-2-6-3-4-7-8-5/h6H,2-4H2,1H3/p+1. The molecule has 4 nitrogen and oxygen atoms in total. The fourth-order valence-corrected chi connectivity index (χ4v) is 0.398. The highest BCUT2D eigenvalue weighted by Crippen LogP contribution is 1.61. The van der Waals surface area contributed by atoms with Crippen molar-refractivity contribution in [3.63, 3.8) is 0 Å². The minimum Gasteiger partial charge on any atom is -0.346 e. The Balaban J connectivity index is 2.82. The summed E-state index contributed by atoms with van der Waals surface area (Å²) in [7, 11) is 0. The first-order valence-electron chi connectivity index (χ1n) is 2.74. The van der Waals surface area contributed by atoms with Gasteiger partial charge in [-0.2, -0.15) is 0 Å². The van der Waals surface area contributed by atoms with Crippen molar-refractivity contribution in [3.8, 4) is 0 Å². The molecule has 0 radical (unpaired) electrons. The first-order valence-corrected chi connectivity index (χ1v) is 2.74. The minimum absolute atomic E-state index is 0.602. The molecule has 0 spiro atoms. The molecule has 0 fully saturated rings. The minimum atomic E-state index is 0.602. The molecule has 0 saturated carbocycles. The lowest BCUT2D eigenvalue weighted by Gasteiger charge is -1.89. The van der Waals surface area contributed by atoms with Gasteiger partial charge in [0.2, 0.25) is 0 Å². The number of nitrogens with zero attached hydrogens (tertiary/aromatic N) is 3. The van der Waals surface area contributed by atoms with Crippen molar-refractivity contribution < 1.29 is 5.32 Å². The van der Waals surface area contributed by atoms with Crippen LogP contribution in [0.2, 0.25) is 0 Å². The molecule has 0 unspecified atom stereocenters. The molecule has 46 valence electrons. The van der Waals surface area contributed by atoms with Gasteiger partial charge in [-0.25, -0.2) is 0 Å². The Labute approximate surface area is 48.5 Å². The zero-order valence-electron chi connectivity index (χ0n) is 5.04. The van der Waals surface area contributed by atoms with Crippen LogP contribution in [0.15, 0.2) is 5.11 Å². The maximum atomic E-state index is 7.81. The highest BCUT2D eigenvalue weighted by Gasteiger charge is 1.80. The molecule has 0 atom stereocenters. The number of nitrogens with two attached hydrogens (primary N) is 1. The second-order valence-corrected chi connectivity index (χ2v) is 1.44.